The van der Waals surface area contributed by atoms with Gasteiger partial charge in [0.1, 0.15) is 0 Å². The molecule has 0 unspecified atom stereocenters. The Balaban J connectivity index is 1.74. The first-order chi connectivity index (χ1) is 12.3. The third kappa shape index (κ3) is 4.50. The van der Waals surface area contributed by atoms with Crippen molar-refractivity contribution in [3.8, 4) is 0 Å². The lowest BCUT2D eigenvalue weighted by atomic mass is 10.2. The zero-order valence-corrected chi connectivity index (χ0v) is 16.0. The van der Waals surface area contributed by atoms with Gasteiger partial charge in [-0.3, -0.25) is 14.8 Å². The molecule has 0 aliphatic carbocycles. The zero-order chi connectivity index (χ0) is 18.7. The van der Waals surface area contributed by atoms with Crippen LogP contribution in [0.1, 0.15) is 10.4 Å². The summed E-state index contributed by atoms with van der Waals surface area (Å²) < 4.78 is 26.8. The first kappa shape index (κ1) is 18.6. The highest BCUT2D eigenvalue weighted by Gasteiger charge is 2.21. The Bertz CT molecular complexity index is 1050. The van der Waals surface area contributed by atoms with Crippen LogP contribution < -0.4 is 10.0 Å². The monoisotopic (exact) mass is 428 g/mol. The predicted molar refractivity (Wildman–Crippen MR) is 102 cm³/mol. The molecule has 1 amide bonds. The summed E-state index contributed by atoms with van der Waals surface area (Å²) in [6.07, 6.45) is 0. The second kappa shape index (κ2) is 7.58. The quantitative estimate of drug-likeness (QED) is 0.600. The Morgan fingerprint density at radius 2 is 1.73 bits per heavy atom. The molecule has 0 saturated heterocycles. The molecule has 0 aliphatic rings. The van der Waals surface area contributed by atoms with Gasteiger partial charge in [0.05, 0.1) is 5.69 Å². The topological polar surface area (TPSA) is 101 Å². The molecule has 0 saturated carbocycles. The third-order valence-electron chi connectivity index (χ3n) is 3.04. The van der Waals surface area contributed by atoms with E-state index in [1.807, 2.05) is 0 Å². The van der Waals surface area contributed by atoms with Gasteiger partial charge in [-0.05, 0) is 42.5 Å². The molecule has 3 rings (SSSR count). The van der Waals surface area contributed by atoms with E-state index in [9.17, 15) is 13.2 Å². The Kier molecular flexibility index (Phi) is 5.42. The number of anilines is 2. The fourth-order valence-corrected chi connectivity index (χ4v) is 4.15. The number of sulfonamides is 1. The van der Waals surface area contributed by atoms with E-state index in [-0.39, 0.29) is 9.47 Å². The minimum absolute atomic E-state index is 0.0522. The van der Waals surface area contributed by atoms with Crippen molar-refractivity contribution in [1.82, 2.24) is 10.2 Å². The minimum Gasteiger partial charge on any atom is -0.296 e. The van der Waals surface area contributed by atoms with E-state index >= 15 is 0 Å². The molecular formula is C15H10Cl2N4O3S2. The second-order valence-electron chi connectivity index (χ2n) is 4.95. The SMILES string of the molecule is O=C(Nc1nnc(S(=O)(=O)Nc2cccc(Cl)c2)s1)c1ccc(Cl)cc1. The lowest BCUT2D eigenvalue weighted by molar-refractivity contribution is 0.102. The van der Waals surface area contributed by atoms with Crippen molar-refractivity contribution >= 4 is 61.3 Å². The van der Waals surface area contributed by atoms with Gasteiger partial charge < -0.3 is 0 Å². The summed E-state index contributed by atoms with van der Waals surface area (Å²) in [7, 11) is -3.95. The van der Waals surface area contributed by atoms with E-state index < -0.39 is 15.9 Å². The highest BCUT2D eigenvalue weighted by molar-refractivity contribution is 7.94. The number of aromatic nitrogens is 2. The molecule has 0 fully saturated rings. The molecule has 0 atom stereocenters. The lowest BCUT2D eigenvalue weighted by Gasteiger charge is -2.04. The number of carbonyl (C=O) groups is 1. The van der Waals surface area contributed by atoms with Crippen LogP contribution in [-0.2, 0) is 10.0 Å². The van der Waals surface area contributed by atoms with Crippen LogP contribution in [0.5, 0.6) is 0 Å². The van der Waals surface area contributed by atoms with E-state index in [2.05, 4.69) is 20.2 Å². The van der Waals surface area contributed by atoms with Crippen LogP contribution in [0.15, 0.2) is 52.9 Å². The van der Waals surface area contributed by atoms with Crippen LogP contribution in [0.3, 0.4) is 0 Å². The van der Waals surface area contributed by atoms with Gasteiger partial charge in [0, 0.05) is 15.6 Å². The molecule has 0 radical (unpaired) electrons. The van der Waals surface area contributed by atoms with Crippen molar-refractivity contribution < 1.29 is 13.2 Å². The number of nitrogens with one attached hydrogen (secondary N) is 2. The van der Waals surface area contributed by atoms with Crippen molar-refractivity contribution in [3.63, 3.8) is 0 Å². The molecule has 26 heavy (non-hydrogen) atoms. The highest BCUT2D eigenvalue weighted by Crippen LogP contribution is 2.24. The van der Waals surface area contributed by atoms with Crippen LogP contribution >= 0.6 is 34.5 Å². The summed E-state index contributed by atoms with van der Waals surface area (Å²) in [6, 6.07) is 12.5. The van der Waals surface area contributed by atoms with Crippen LogP contribution in [0.4, 0.5) is 10.8 Å². The summed E-state index contributed by atoms with van der Waals surface area (Å²) in [5.41, 5.74) is 0.644. The summed E-state index contributed by atoms with van der Waals surface area (Å²) in [6.45, 7) is 0. The molecule has 0 bridgehead atoms. The van der Waals surface area contributed by atoms with Gasteiger partial charge in [0.2, 0.25) is 5.13 Å². The lowest BCUT2D eigenvalue weighted by Crippen LogP contribution is -2.12. The number of benzene rings is 2. The van der Waals surface area contributed by atoms with Crippen LogP contribution in [0, 0.1) is 0 Å². The molecule has 2 N–H and O–H groups in total. The number of rotatable bonds is 5. The van der Waals surface area contributed by atoms with Crippen molar-refractivity contribution in [2.75, 3.05) is 10.0 Å². The van der Waals surface area contributed by atoms with Crippen LogP contribution in [0.25, 0.3) is 0 Å². The van der Waals surface area contributed by atoms with Gasteiger partial charge in [0.15, 0.2) is 0 Å². The van der Waals surface area contributed by atoms with E-state index in [1.165, 1.54) is 18.2 Å². The van der Waals surface area contributed by atoms with E-state index in [1.54, 1.807) is 30.3 Å². The maximum absolute atomic E-state index is 12.3. The molecular weight excluding hydrogens is 419 g/mol. The van der Waals surface area contributed by atoms with Crippen LogP contribution in [-0.4, -0.2) is 24.5 Å². The zero-order valence-electron chi connectivity index (χ0n) is 12.8. The Hall–Kier alpha value is -2.20. The van der Waals surface area contributed by atoms with Gasteiger partial charge in [0.25, 0.3) is 20.3 Å². The fourth-order valence-electron chi connectivity index (χ4n) is 1.89. The van der Waals surface area contributed by atoms with Gasteiger partial charge >= 0.3 is 0 Å². The highest BCUT2D eigenvalue weighted by atomic mass is 35.5. The molecule has 0 aliphatic heterocycles. The standard InChI is InChI=1S/C15H10Cl2N4O3S2/c16-10-6-4-9(5-7-10)13(22)18-14-19-20-15(25-14)26(23,24)21-12-3-1-2-11(17)8-12/h1-8,21H,(H,18,19,22). The Morgan fingerprint density at radius 1 is 1.00 bits per heavy atom. The average Bonchev–Trinajstić information content (AvgIpc) is 3.04. The summed E-state index contributed by atoms with van der Waals surface area (Å²) in [5.74, 6) is -0.454. The summed E-state index contributed by atoms with van der Waals surface area (Å²) in [5, 5.41) is 10.7. The van der Waals surface area contributed by atoms with Crippen molar-refractivity contribution in [2.24, 2.45) is 0 Å². The average molecular weight is 429 g/mol. The Morgan fingerprint density at radius 3 is 2.42 bits per heavy atom. The number of nitrogens with zero attached hydrogens (tertiary/aromatic N) is 2. The number of amides is 1. The minimum atomic E-state index is -3.95. The molecule has 1 heterocycles. The second-order valence-corrected chi connectivity index (χ2v) is 8.66. The van der Waals surface area contributed by atoms with Crippen LogP contribution in [0.2, 0.25) is 10.0 Å². The molecule has 3 aromatic rings. The maximum Gasteiger partial charge on any atom is 0.291 e. The third-order valence-corrected chi connectivity index (χ3v) is 6.11. The number of hydrogen-bond acceptors (Lipinski definition) is 6. The summed E-state index contributed by atoms with van der Waals surface area (Å²) in [4.78, 5) is 12.1. The Labute approximate surface area is 163 Å². The maximum atomic E-state index is 12.3. The van der Waals surface area contributed by atoms with Crippen molar-refractivity contribution in [2.45, 2.75) is 4.34 Å². The molecule has 7 nitrogen and oxygen atoms in total. The molecule has 0 spiro atoms. The number of hydrogen-bond donors (Lipinski definition) is 2. The van der Waals surface area contributed by atoms with E-state index in [0.29, 0.717) is 21.3 Å². The number of carbonyl (C=O) groups excluding carboxylic acids is 1. The van der Waals surface area contributed by atoms with Gasteiger partial charge in [-0.15, -0.1) is 10.2 Å². The first-order valence-electron chi connectivity index (χ1n) is 7.02. The predicted octanol–water partition coefficient (Wildman–Crippen LogP) is 3.90. The fraction of sp³-hybridized carbons (Fsp3) is 0. The van der Waals surface area contributed by atoms with Gasteiger partial charge in [-0.2, -0.15) is 8.42 Å². The molecule has 134 valence electrons. The van der Waals surface area contributed by atoms with E-state index in [4.69, 9.17) is 23.2 Å². The smallest absolute Gasteiger partial charge is 0.291 e. The van der Waals surface area contributed by atoms with Gasteiger partial charge in [-0.1, -0.05) is 40.6 Å². The summed E-state index contributed by atoms with van der Waals surface area (Å²) >= 11 is 12.3. The number of halogens is 2. The largest absolute Gasteiger partial charge is 0.296 e. The molecule has 2 aromatic carbocycles. The molecule has 1 aromatic heterocycles. The van der Waals surface area contributed by atoms with Gasteiger partial charge in [-0.25, -0.2) is 0 Å². The van der Waals surface area contributed by atoms with E-state index in [0.717, 1.165) is 11.3 Å². The van der Waals surface area contributed by atoms with Crippen molar-refractivity contribution in [1.29, 1.82) is 0 Å². The van der Waals surface area contributed by atoms with Crippen molar-refractivity contribution in [3.05, 3.63) is 64.1 Å². The molecule has 11 heteroatoms. The first-order valence-corrected chi connectivity index (χ1v) is 10.1. The normalized spacial score (nSPS) is 11.2.